The number of hydrogen-bond acceptors (Lipinski definition) is 3. The molecule has 0 bridgehead atoms. The van der Waals surface area contributed by atoms with Gasteiger partial charge in [-0.3, -0.25) is 4.79 Å². The van der Waals surface area contributed by atoms with Crippen molar-refractivity contribution >= 4 is 15.9 Å². The second-order valence-corrected chi connectivity index (χ2v) is 7.78. The Labute approximate surface area is 139 Å². The number of alkyl halides is 3. The minimum Gasteiger partial charge on any atom is -0.337 e. The quantitative estimate of drug-likeness (QED) is 0.826. The summed E-state index contributed by atoms with van der Waals surface area (Å²) in [4.78, 5) is 13.9. The van der Waals surface area contributed by atoms with Crippen LogP contribution in [0.4, 0.5) is 13.2 Å². The van der Waals surface area contributed by atoms with E-state index in [0.29, 0.717) is 19.5 Å². The zero-order valence-electron chi connectivity index (χ0n) is 13.2. The smallest absolute Gasteiger partial charge is 0.337 e. The van der Waals surface area contributed by atoms with Crippen LogP contribution in [0.2, 0.25) is 0 Å². The van der Waals surface area contributed by atoms with Crippen LogP contribution in [-0.2, 0) is 16.2 Å². The molecule has 0 unspecified atom stereocenters. The molecule has 0 N–H and O–H groups in total. The maximum atomic E-state index is 12.6. The van der Waals surface area contributed by atoms with Crippen molar-refractivity contribution in [1.29, 1.82) is 0 Å². The zero-order valence-corrected chi connectivity index (χ0v) is 14.0. The molecular weight excluding hydrogens is 345 g/mol. The van der Waals surface area contributed by atoms with Gasteiger partial charge in [-0.1, -0.05) is 0 Å². The lowest BCUT2D eigenvalue weighted by atomic mass is 10.1. The van der Waals surface area contributed by atoms with Gasteiger partial charge in [-0.25, -0.2) is 12.7 Å². The number of benzene rings is 1. The van der Waals surface area contributed by atoms with E-state index in [2.05, 4.69) is 0 Å². The summed E-state index contributed by atoms with van der Waals surface area (Å²) in [6.45, 7) is 2.69. The number of rotatable bonds is 3. The number of halogens is 3. The first kappa shape index (κ1) is 18.7. The molecule has 0 atom stereocenters. The fourth-order valence-electron chi connectivity index (χ4n) is 2.54. The van der Waals surface area contributed by atoms with Crippen molar-refractivity contribution in [3.05, 3.63) is 35.4 Å². The van der Waals surface area contributed by atoms with E-state index in [4.69, 9.17) is 0 Å². The van der Waals surface area contributed by atoms with E-state index in [1.807, 2.05) is 0 Å². The lowest BCUT2D eigenvalue weighted by Crippen LogP contribution is -2.37. The molecule has 9 heteroatoms. The zero-order chi connectivity index (χ0) is 18.0. The van der Waals surface area contributed by atoms with Gasteiger partial charge in [0.2, 0.25) is 10.0 Å². The molecule has 1 aromatic rings. The van der Waals surface area contributed by atoms with Crippen LogP contribution in [0, 0.1) is 0 Å². The van der Waals surface area contributed by atoms with Gasteiger partial charge in [0.1, 0.15) is 0 Å². The first-order valence-electron chi connectivity index (χ1n) is 7.59. The number of hydrogen-bond donors (Lipinski definition) is 0. The minimum atomic E-state index is -4.45. The highest BCUT2D eigenvalue weighted by atomic mass is 32.2. The maximum Gasteiger partial charge on any atom is 0.416 e. The van der Waals surface area contributed by atoms with Gasteiger partial charge in [-0.15, -0.1) is 0 Å². The highest BCUT2D eigenvalue weighted by molar-refractivity contribution is 7.89. The van der Waals surface area contributed by atoms with Crippen LogP contribution in [-0.4, -0.2) is 55.5 Å². The van der Waals surface area contributed by atoms with Gasteiger partial charge in [-0.05, 0) is 37.6 Å². The molecular formula is C15H19F3N2O3S. The van der Waals surface area contributed by atoms with Crippen LogP contribution < -0.4 is 0 Å². The molecule has 0 aliphatic carbocycles. The Kier molecular flexibility index (Phi) is 5.54. The molecule has 1 aliphatic rings. The Morgan fingerprint density at radius 3 is 2.25 bits per heavy atom. The summed E-state index contributed by atoms with van der Waals surface area (Å²) in [5.74, 6) is -0.390. The topological polar surface area (TPSA) is 57.7 Å². The Morgan fingerprint density at radius 1 is 1.08 bits per heavy atom. The van der Waals surface area contributed by atoms with E-state index in [1.54, 1.807) is 6.92 Å². The molecule has 0 spiro atoms. The third kappa shape index (κ3) is 4.27. The van der Waals surface area contributed by atoms with Gasteiger partial charge in [0, 0.05) is 31.7 Å². The molecule has 0 radical (unpaired) electrons. The van der Waals surface area contributed by atoms with Gasteiger partial charge in [0.05, 0.1) is 11.3 Å². The predicted molar refractivity (Wildman–Crippen MR) is 83.0 cm³/mol. The van der Waals surface area contributed by atoms with Crippen LogP contribution in [0.25, 0.3) is 0 Å². The first-order valence-corrected chi connectivity index (χ1v) is 9.20. The minimum absolute atomic E-state index is 0.000148. The lowest BCUT2D eigenvalue weighted by molar-refractivity contribution is -0.137. The van der Waals surface area contributed by atoms with Gasteiger partial charge < -0.3 is 4.90 Å². The molecule has 0 aromatic heterocycles. The fourth-order valence-corrected chi connectivity index (χ4v) is 3.67. The molecule has 1 heterocycles. The number of amides is 1. The molecule has 1 fully saturated rings. The average Bonchev–Trinajstić information content (AvgIpc) is 2.80. The van der Waals surface area contributed by atoms with E-state index in [0.717, 1.165) is 24.3 Å². The second kappa shape index (κ2) is 7.10. The number of carbonyl (C=O) groups excluding carboxylic acids is 1. The summed E-state index contributed by atoms with van der Waals surface area (Å²) in [5, 5.41) is 0. The third-order valence-electron chi connectivity index (χ3n) is 3.96. The highest BCUT2D eigenvalue weighted by Crippen LogP contribution is 2.29. The lowest BCUT2D eigenvalue weighted by Gasteiger charge is -2.21. The highest BCUT2D eigenvalue weighted by Gasteiger charge is 2.31. The van der Waals surface area contributed by atoms with Crippen LogP contribution in [0.5, 0.6) is 0 Å². The van der Waals surface area contributed by atoms with Crippen LogP contribution in [0.15, 0.2) is 24.3 Å². The van der Waals surface area contributed by atoms with Crippen molar-refractivity contribution in [1.82, 2.24) is 9.21 Å². The molecule has 5 nitrogen and oxygen atoms in total. The van der Waals surface area contributed by atoms with E-state index in [-0.39, 0.29) is 30.3 Å². The fraction of sp³-hybridized carbons (Fsp3) is 0.533. The predicted octanol–water partition coefficient (Wildman–Crippen LogP) is 2.20. The largest absolute Gasteiger partial charge is 0.416 e. The number of carbonyl (C=O) groups is 1. The first-order chi connectivity index (χ1) is 11.1. The van der Waals surface area contributed by atoms with Crippen LogP contribution in [0.1, 0.15) is 29.3 Å². The summed E-state index contributed by atoms with van der Waals surface area (Å²) in [6.07, 6.45) is -3.95. The summed E-state index contributed by atoms with van der Waals surface area (Å²) >= 11 is 0. The Morgan fingerprint density at radius 2 is 1.71 bits per heavy atom. The van der Waals surface area contributed by atoms with Crippen molar-refractivity contribution < 1.29 is 26.4 Å². The Bertz CT molecular complexity index is 687. The SMILES string of the molecule is CCS(=O)(=O)N1CCCN(C(=O)c2ccc(C(F)(F)F)cc2)CC1. The van der Waals surface area contributed by atoms with Crippen molar-refractivity contribution in [2.45, 2.75) is 19.5 Å². The second-order valence-electron chi connectivity index (χ2n) is 5.52. The number of nitrogens with zero attached hydrogens (tertiary/aromatic N) is 2. The molecule has 134 valence electrons. The molecule has 1 aliphatic heterocycles. The average molecular weight is 364 g/mol. The van der Waals surface area contributed by atoms with Gasteiger partial charge in [0.15, 0.2) is 0 Å². The van der Waals surface area contributed by atoms with Crippen molar-refractivity contribution in [3.63, 3.8) is 0 Å². The van der Waals surface area contributed by atoms with Crippen molar-refractivity contribution in [3.8, 4) is 0 Å². The monoisotopic (exact) mass is 364 g/mol. The normalized spacial score (nSPS) is 17.6. The third-order valence-corrected chi connectivity index (χ3v) is 5.84. The van der Waals surface area contributed by atoms with E-state index in [9.17, 15) is 26.4 Å². The Balaban J connectivity index is 2.08. The molecule has 2 rings (SSSR count). The van der Waals surface area contributed by atoms with Crippen LogP contribution in [0.3, 0.4) is 0 Å². The maximum absolute atomic E-state index is 12.6. The molecule has 1 saturated heterocycles. The molecule has 1 amide bonds. The van der Waals surface area contributed by atoms with Gasteiger partial charge in [-0.2, -0.15) is 13.2 Å². The summed E-state index contributed by atoms with van der Waals surface area (Å²) in [5.41, 5.74) is -0.648. The van der Waals surface area contributed by atoms with Crippen molar-refractivity contribution in [2.75, 3.05) is 31.9 Å². The van der Waals surface area contributed by atoms with Crippen LogP contribution >= 0.6 is 0 Å². The van der Waals surface area contributed by atoms with Gasteiger partial charge >= 0.3 is 6.18 Å². The molecule has 24 heavy (non-hydrogen) atoms. The molecule has 0 saturated carbocycles. The Hall–Kier alpha value is -1.61. The van der Waals surface area contributed by atoms with Crippen molar-refractivity contribution in [2.24, 2.45) is 0 Å². The van der Waals surface area contributed by atoms with E-state index in [1.165, 1.54) is 9.21 Å². The summed E-state index contributed by atoms with van der Waals surface area (Å²) in [6, 6.07) is 4.05. The summed E-state index contributed by atoms with van der Waals surface area (Å²) in [7, 11) is -3.31. The summed E-state index contributed by atoms with van der Waals surface area (Å²) < 4.78 is 62.8. The molecule has 1 aromatic carbocycles. The van der Waals surface area contributed by atoms with Gasteiger partial charge in [0.25, 0.3) is 5.91 Å². The number of sulfonamides is 1. The van der Waals surface area contributed by atoms with E-state index >= 15 is 0 Å². The standard InChI is InChI=1S/C15H19F3N2O3S/c1-2-24(22,23)20-9-3-8-19(10-11-20)14(21)12-4-6-13(7-5-12)15(16,17)18/h4-7H,2-3,8-11H2,1H3. The van der Waals surface area contributed by atoms with E-state index < -0.39 is 21.8 Å².